The van der Waals surface area contributed by atoms with Gasteiger partial charge in [-0.3, -0.25) is 4.79 Å². The van der Waals surface area contributed by atoms with Crippen molar-refractivity contribution in [2.24, 2.45) is 0 Å². The molecule has 3 aromatic carbocycles. The topological polar surface area (TPSA) is 56.2 Å². The third-order valence-corrected chi connectivity index (χ3v) is 7.41. The molecule has 0 aliphatic rings. The molecule has 0 unspecified atom stereocenters. The fourth-order valence-corrected chi connectivity index (χ4v) is 4.86. The van der Waals surface area contributed by atoms with E-state index in [2.05, 4.69) is 67.9 Å². The molecule has 4 aromatic rings. The summed E-state index contributed by atoms with van der Waals surface area (Å²) in [5, 5.41) is 3.58. The van der Waals surface area contributed by atoms with Gasteiger partial charge in [0.15, 0.2) is 6.61 Å². The zero-order valence-corrected chi connectivity index (χ0v) is 23.0. The molecule has 0 aliphatic carbocycles. The molecule has 37 heavy (non-hydrogen) atoms. The van der Waals surface area contributed by atoms with Crippen molar-refractivity contribution in [3.63, 3.8) is 0 Å². The number of benzene rings is 3. The monoisotopic (exact) mass is 517 g/mol. The van der Waals surface area contributed by atoms with Gasteiger partial charge in [-0.25, -0.2) is 4.98 Å². The van der Waals surface area contributed by atoms with E-state index in [-0.39, 0.29) is 12.5 Å². The molecule has 1 N–H and O–H groups in total. The maximum Gasteiger partial charge on any atom is 0.257 e. The van der Waals surface area contributed by atoms with Crippen LogP contribution in [0.25, 0.3) is 11.0 Å². The lowest BCUT2D eigenvalue weighted by atomic mass is 9.94. The second kappa shape index (κ2) is 12.3. The van der Waals surface area contributed by atoms with Gasteiger partial charge in [-0.1, -0.05) is 36.2 Å². The van der Waals surface area contributed by atoms with Crippen molar-refractivity contribution in [1.82, 2.24) is 14.9 Å². The van der Waals surface area contributed by atoms with Crippen LogP contribution in [0.2, 0.25) is 5.02 Å². The van der Waals surface area contributed by atoms with Gasteiger partial charge < -0.3 is 14.6 Å². The van der Waals surface area contributed by atoms with Crippen LogP contribution in [0.4, 0.5) is 0 Å². The van der Waals surface area contributed by atoms with E-state index in [4.69, 9.17) is 21.3 Å². The van der Waals surface area contributed by atoms with Crippen molar-refractivity contribution < 1.29 is 9.53 Å². The molecule has 4 rings (SSSR count). The minimum atomic E-state index is -0.115. The molecule has 6 heteroatoms. The van der Waals surface area contributed by atoms with Gasteiger partial charge >= 0.3 is 0 Å². The summed E-state index contributed by atoms with van der Waals surface area (Å²) in [7, 11) is 0. The summed E-state index contributed by atoms with van der Waals surface area (Å²) in [6.45, 7) is 10.3. The van der Waals surface area contributed by atoms with Crippen LogP contribution < -0.4 is 10.1 Å². The lowest BCUT2D eigenvalue weighted by Gasteiger charge is -2.18. The summed E-state index contributed by atoms with van der Waals surface area (Å²) in [5.74, 6) is 1.64. The third-order valence-electron chi connectivity index (χ3n) is 7.15. The minimum absolute atomic E-state index is 0.00290. The molecule has 1 heterocycles. The number of ether oxygens (including phenoxy) is 1. The van der Waals surface area contributed by atoms with Crippen LogP contribution in [-0.2, 0) is 17.8 Å². The first-order chi connectivity index (χ1) is 17.8. The summed E-state index contributed by atoms with van der Waals surface area (Å²) in [5.41, 5.74) is 9.03. The van der Waals surface area contributed by atoms with Gasteiger partial charge in [-0.2, -0.15) is 0 Å². The average Bonchev–Trinajstić information content (AvgIpc) is 3.24. The Bertz CT molecular complexity index is 1350. The molecular formula is C31H36ClN3O2. The van der Waals surface area contributed by atoms with Crippen LogP contribution in [0.3, 0.4) is 0 Å². The number of carbonyl (C=O) groups excluding carboxylic acids is 1. The van der Waals surface area contributed by atoms with Gasteiger partial charge in [-0.05, 0) is 105 Å². The third kappa shape index (κ3) is 6.72. The van der Waals surface area contributed by atoms with E-state index in [1.165, 1.54) is 33.3 Å². The number of hydrogen-bond donors (Lipinski definition) is 1. The molecule has 0 saturated carbocycles. The highest BCUT2D eigenvalue weighted by Gasteiger charge is 2.15. The summed E-state index contributed by atoms with van der Waals surface area (Å²) in [6, 6.07) is 17.7. The van der Waals surface area contributed by atoms with E-state index < -0.39 is 0 Å². The average molecular weight is 518 g/mol. The van der Waals surface area contributed by atoms with E-state index in [0.29, 0.717) is 17.3 Å². The number of halogens is 1. The van der Waals surface area contributed by atoms with E-state index >= 15 is 0 Å². The molecule has 0 radical (unpaired) electrons. The summed E-state index contributed by atoms with van der Waals surface area (Å²) >= 11 is 5.87. The van der Waals surface area contributed by atoms with Gasteiger partial charge in [0.25, 0.3) is 5.91 Å². The standard InChI is InChI=1S/C31H36ClN3O2/c1-21-18-22(2)24(4)27(23(21)3)19-35-29-11-8-7-10-28(29)34-30(35)12-6-5-9-17-33-31(36)20-37-26-15-13-25(32)14-16-26/h7-8,10-11,13-16,18H,5-6,9,12,17,19-20H2,1-4H3,(H,33,36). The van der Waals surface area contributed by atoms with Crippen molar-refractivity contribution in [3.05, 3.63) is 93.3 Å². The Morgan fingerprint density at radius 2 is 1.65 bits per heavy atom. The van der Waals surface area contributed by atoms with E-state index in [0.717, 1.165) is 43.6 Å². The van der Waals surface area contributed by atoms with E-state index in [9.17, 15) is 4.79 Å². The van der Waals surface area contributed by atoms with Gasteiger partial charge in [0, 0.05) is 24.5 Å². The minimum Gasteiger partial charge on any atom is -0.484 e. The lowest BCUT2D eigenvalue weighted by Crippen LogP contribution is -2.29. The fourth-order valence-electron chi connectivity index (χ4n) is 4.73. The van der Waals surface area contributed by atoms with Crippen LogP contribution in [-0.4, -0.2) is 28.6 Å². The number of fused-ring (bicyclic) bond motifs is 1. The maximum absolute atomic E-state index is 12.1. The number of rotatable bonds is 11. The van der Waals surface area contributed by atoms with E-state index in [1.807, 2.05) is 0 Å². The van der Waals surface area contributed by atoms with Crippen LogP contribution in [0.5, 0.6) is 5.75 Å². The number of nitrogens with one attached hydrogen (secondary N) is 1. The maximum atomic E-state index is 12.1. The molecule has 0 spiro atoms. The predicted molar refractivity (Wildman–Crippen MR) is 152 cm³/mol. The number of nitrogens with zero attached hydrogens (tertiary/aromatic N) is 2. The first kappa shape index (κ1) is 26.7. The van der Waals surface area contributed by atoms with Crippen molar-refractivity contribution >= 4 is 28.5 Å². The Kier molecular flexibility index (Phi) is 8.88. The number of hydrogen-bond acceptors (Lipinski definition) is 3. The number of imidazole rings is 1. The predicted octanol–water partition coefficient (Wildman–Crippen LogP) is 6.88. The molecule has 0 bridgehead atoms. The highest BCUT2D eigenvalue weighted by molar-refractivity contribution is 6.30. The summed E-state index contributed by atoms with van der Waals surface area (Å²) < 4.78 is 7.89. The Labute approximate surface area is 224 Å². The van der Waals surface area contributed by atoms with Gasteiger partial charge in [0.2, 0.25) is 0 Å². The first-order valence-corrected chi connectivity index (χ1v) is 13.4. The van der Waals surface area contributed by atoms with Gasteiger partial charge in [0.1, 0.15) is 11.6 Å². The first-order valence-electron chi connectivity index (χ1n) is 13.0. The van der Waals surface area contributed by atoms with Crippen LogP contribution in [0.15, 0.2) is 54.6 Å². The summed E-state index contributed by atoms with van der Waals surface area (Å²) in [6.07, 6.45) is 3.86. The second-order valence-electron chi connectivity index (χ2n) is 9.75. The van der Waals surface area contributed by atoms with Crippen molar-refractivity contribution in [2.45, 2.75) is 59.9 Å². The number of carbonyl (C=O) groups is 1. The largest absolute Gasteiger partial charge is 0.484 e. The Balaban J connectivity index is 1.31. The molecule has 0 atom stereocenters. The number of aryl methyl sites for hydroxylation is 3. The Morgan fingerprint density at radius 1 is 0.946 bits per heavy atom. The molecule has 1 amide bonds. The number of unbranched alkanes of at least 4 members (excludes halogenated alkanes) is 2. The molecule has 194 valence electrons. The molecule has 5 nitrogen and oxygen atoms in total. The molecule has 1 aromatic heterocycles. The zero-order chi connectivity index (χ0) is 26.4. The van der Waals surface area contributed by atoms with Crippen LogP contribution in [0.1, 0.15) is 52.9 Å². The number of para-hydroxylation sites is 2. The normalized spacial score (nSPS) is 11.2. The SMILES string of the molecule is Cc1cc(C)c(C)c(Cn2c(CCCCCNC(=O)COc3ccc(Cl)cc3)nc3ccccc32)c1C. The van der Waals surface area contributed by atoms with Gasteiger partial charge in [0.05, 0.1) is 11.0 Å². The fraction of sp³-hybridized carbons (Fsp3) is 0.355. The highest BCUT2D eigenvalue weighted by atomic mass is 35.5. The van der Waals surface area contributed by atoms with E-state index in [1.54, 1.807) is 24.3 Å². The van der Waals surface area contributed by atoms with Crippen molar-refractivity contribution in [1.29, 1.82) is 0 Å². The van der Waals surface area contributed by atoms with Gasteiger partial charge in [-0.15, -0.1) is 0 Å². The molecule has 0 saturated heterocycles. The Morgan fingerprint density at radius 3 is 2.38 bits per heavy atom. The lowest BCUT2D eigenvalue weighted by molar-refractivity contribution is -0.123. The number of amides is 1. The summed E-state index contributed by atoms with van der Waals surface area (Å²) in [4.78, 5) is 17.1. The Hall–Kier alpha value is -3.31. The number of aromatic nitrogens is 2. The molecular weight excluding hydrogens is 482 g/mol. The zero-order valence-electron chi connectivity index (χ0n) is 22.2. The molecule has 0 fully saturated rings. The molecule has 0 aliphatic heterocycles. The smallest absolute Gasteiger partial charge is 0.257 e. The second-order valence-corrected chi connectivity index (χ2v) is 10.2. The van der Waals surface area contributed by atoms with Crippen molar-refractivity contribution in [2.75, 3.05) is 13.2 Å². The van der Waals surface area contributed by atoms with Crippen LogP contribution >= 0.6 is 11.6 Å². The van der Waals surface area contributed by atoms with Crippen LogP contribution in [0, 0.1) is 27.7 Å². The van der Waals surface area contributed by atoms with Crippen molar-refractivity contribution in [3.8, 4) is 5.75 Å². The quantitative estimate of drug-likeness (QED) is 0.221. The highest BCUT2D eigenvalue weighted by Crippen LogP contribution is 2.26.